The van der Waals surface area contributed by atoms with Crippen molar-refractivity contribution >= 4 is 11.6 Å². The minimum Gasteiger partial charge on any atom is -0.394 e. The fourth-order valence-corrected chi connectivity index (χ4v) is 1.77. The molecule has 2 aromatic carbocycles. The van der Waals surface area contributed by atoms with E-state index in [0.717, 1.165) is 11.3 Å². The van der Waals surface area contributed by atoms with Gasteiger partial charge >= 0.3 is 0 Å². The normalized spacial score (nSPS) is 13.0. The van der Waals surface area contributed by atoms with Gasteiger partial charge in [-0.25, -0.2) is 4.99 Å². The second kappa shape index (κ2) is 6.56. The summed E-state index contributed by atoms with van der Waals surface area (Å²) >= 11 is 0. The van der Waals surface area contributed by atoms with Gasteiger partial charge in [0.05, 0.1) is 6.61 Å². The molecule has 0 aliphatic rings. The number of benzene rings is 2. The summed E-state index contributed by atoms with van der Waals surface area (Å²) in [5, 5.41) is 12.4. The van der Waals surface area contributed by atoms with E-state index in [1.807, 2.05) is 60.7 Å². The van der Waals surface area contributed by atoms with Crippen molar-refractivity contribution in [3.63, 3.8) is 0 Å². The van der Waals surface area contributed by atoms with Crippen LogP contribution in [0.2, 0.25) is 0 Å². The van der Waals surface area contributed by atoms with Gasteiger partial charge in [-0.2, -0.15) is 0 Å². The van der Waals surface area contributed by atoms with Crippen molar-refractivity contribution in [1.82, 2.24) is 0 Å². The number of para-hydroxylation sites is 1. The number of aliphatic imine (C=N–C) groups is 1. The molecule has 0 radical (unpaired) electrons. The molecule has 1 unspecified atom stereocenters. The van der Waals surface area contributed by atoms with Crippen LogP contribution in [0.5, 0.6) is 0 Å². The lowest BCUT2D eigenvalue weighted by molar-refractivity contribution is 0.269. The Morgan fingerprint density at radius 1 is 1.05 bits per heavy atom. The van der Waals surface area contributed by atoms with Gasteiger partial charge in [0.25, 0.3) is 0 Å². The predicted molar refractivity (Wildman–Crippen MR) is 78.0 cm³/mol. The number of hydrogen-bond donors (Lipinski definition) is 3. The third kappa shape index (κ3) is 3.82. The monoisotopic (exact) mass is 255 g/mol. The summed E-state index contributed by atoms with van der Waals surface area (Å²) in [6.07, 6.45) is 0. The Morgan fingerprint density at radius 3 is 2.21 bits per heavy atom. The first-order chi connectivity index (χ1) is 9.29. The number of hydrogen-bond acceptors (Lipinski definition) is 2. The Balaban J connectivity index is 2.10. The summed E-state index contributed by atoms with van der Waals surface area (Å²) in [5.41, 5.74) is 7.65. The van der Waals surface area contributed by atoms with Gasteiger partial charge in [0.15, 0.2) is 5.96 Å². The number of rotatable bonds is 4. The Morgan fingerprint density at radius 2 is 1.63 bits per heavy atom. The molecule has 4 heteroatoms. The molecule has 0 saturated carbocycles. The number of aliphatic hydroxyl groups excluding tert-OH is 1. The SMILES string of the molecule is NC(=NC(CO)c1ccccc1)Nc1ccccc1. The molecule has 4 N–H and O–H groups in total. The van der Waals surface area contributed by atoms with Crippen LogP contribution in [0.15, 0.2) is 65.7 Å². The molecule has 0 fully saturated rings. The van der Waals surface area contributed by atoms with E-state index in [9.17, 15) is 5.11 Å². The fraction of sp³-hybridized carbons (Fsp3) is 0.133. The van der Waals surface area contributed by atoms with Crippen molar-refractivity contribution in [1.29, 1.82) is 0 Å². The second-order valence-electron chi connectivity index (χ2n) is 4.11. The van der Waals surface area contributed by atoms with Gasteiger partial charge in [0, 0.05) is 5.69 Å². The van der Waals surface area contributed by atoms with E-state index >= 15 is 0 Å². The van der Waals surface area contributed by atoms with Crippen LogP contribution in [-0.4, -0.2) is 17.7 Å². The van der Waals surface area contributed by atoms with Crippen molar-refractivity contribution in [2.24, 2.45) is 10.7 Å². The lowest BCUT2D eigenvalue weighted by Crippen LogP contribution is -2.24. The van der Waals surface area contributed by atoms with E-state index in [1.54, 1.807) is 0 Å². The molecule has 0 aromatic heterocycles. The highest BCUT2D eigenvalue weighted by Crippen LogP contribution is 2.16. The summed E-state index contributed by atoms with van der Waals surface area (Å²) in [6.45, 7) is -0.0822. The third-order valence-electron chi connectivity index (χ3n) is 2.70. The molecule has 1 atom stereocenters. The number of anilines is 1. The Hall–Kier alpha value is -2.33. The van der Waals surface area contributed by atoms with Crippen LogP contribution < -0.4 is 11.1 Å². The molecule has 2 aromatic rings. The fourth-order valence-electron chi connectivity index (χ4n) is 1.77. The topological polar surface area (TPSA) is 70.6 Å². The largest absolute Gasteiger partial charge is 0.394 e. The molecule has 2 rings (SSSR count). The van der Waals surface area contributed by atoms with Crippen LogP contribution in [0.1, 0.15) is 11.6 Å². The quantitative estimate of drug-likeness (QED) is 0.579. The molecule has 0 aliphatic carbocycles. The zero-order valence-corrected chi connectivity index (χ0v) is 10.5. The molecule has 0 heterocycles. The van der Waals surface area contributed by atoms with Gasteiger partial charge in [-0.1, -0.05) is 48.5 Å². The van der Waals surface area contributed by atoms with Crippen LogP contribution in [0.25, 0.3) is 0 Å². The van der Waals surface area contributed by atoms with Gasteiger partial charge in [0.1, 0.15) is 6.04 Å². The number of aliphatic hydroxyl groups is 1. The molecular formula is C15H17N3O. The van der Waals surface area contributed by atoms with Gasteiger partial charge in [0.2, 0.25) is 0 Å². The lowest BCUT2D eigenvalue weighted by Gasteiger charge is -2.12. The van der Waals surface area contributed by atoms with Crippen LogP contribution in [0.4, 0.5) is 5.69 Å². The lowest BCUT2D eigenvalue weighted by atomic mass is 10.1. The number of nitrogens with zero attached hydrogens (tertiary/aromatic N) is 1. The molecule has 0 aliphatic heterocycles. The van der Waals surface area contributed by atoms with Gasteiger partial charge in [-0.15, -0.1) is 0 Å². The molecule has 4 nitrogen and oxygen atoms in total. The van der Waals surface area contributed by atoms with E-state index in [4.69, 9.17) is 5.73 Å². The Labute approximate surface area is 112 Å². The number of nitrogens with two attached hydrogens (primary N) is 1. The molecule has 0 bridgehead atoms. The first-order valence-corrected chi connectivity index (χ1v) is 6.10. The van der Waals surface area contributed by atoms with Crippen molar-refractivity contribution in [3.8, 4) is 0 Å². The number of nitrogens with one attached hydrogen (secondary N) is 1. The standard InChI is InChI=1S/C15H17N3O/c16-15(17-13-9-5-2-6-10-13)18-14(11-19)12-7-3-1-4-8-12/h1-10,14,19H,11H2,(H3,16,17,18). The second-order valence-corrected chi connectivity index (χ2v) is 4.11. The van der Waals surface area contributed by atoms with Gasteiger partial charge < -0.3 is 16.2 Å². The highest BCUT2D eigenvalue weighted by Gasteiger charge is 2.08. The van der Waals surface area contributed by atoms with E-state index in [1.165, 1.54) is 0 Å². The summed E-state index contributed by atoms with van der Waals surface area (Å²) in [6, 6.07) is 18.8. The maximum absolute atomic E-state index is 9.40. The summed E-state index contributed by atoms with van der Waals surface area (Å²) in [7, 11) is 0. The van der Waals surface area contributed by atoms with E-state index in [2.05, 4.69) is 10.3 Å². The first-order valence-electron chi connectivity index (χ1n) is 6.10. The number of guanidine groups is 1. The van der Waals surface area contributed by atoms with Crippen molar-refractivity contribution in [3.05, 3.63) is 66.2 Å². The van der Waals surface area contributed by atoms with E-state index in [-0.39, 0.29) is 18.6 Å². The van der Waals surface area contributed by atoms with Crippen molar-refractivity contribution in [2.45, 2.75) is 6.04 Å². The zero-order chi connectivity index (χ0) is 13.5. The molecule has 98 valence electrons. The minimum absolute atomic E-state index is 0.0822. The van der Waals surface area contributed by atoms with Gasteiger partial charge in [-0.3, -0.25) is 0 Å². The van der Waals surface area contributed by atoms with Crippen LogP contribution in [-0.2, 0) is 0 Å². The van der Waals surface area contributed by atoms with E-state index in [0.29, 0.717) is 0 Å². The van der Waals surface area contributed by atoms with Gasteiger partial charge in [-0.05, 0) is 17.7 Å². The molecule has 19 heavy (non-hydrogen) atoms. The Bertz CT molecular complexity index is 526. The molecule has 0 saturated heterocycles. The minimum atomic E-state index is -0.350. The zero-order valence-electron chi connectivity index (χ0n) is 10.5. The summed E-state index contributed by atoms with van der Waals surface area (Å²) in [4.78, 5) is 4.29. The maximum Gasteiger partial charge on any atom is 0.193 e. The Kier molecular flexibility index (Phi) is 4.53. The smallest absolute Gasteiger partial charge is 0.193 e. The maximum atomic E-state index is 9.40. The highest BCUT2D eigenvalue weighted by molar-refractivity contribution is 5.92. The van der Waals surface area contributed by atoms with Crippen LogP contribution in [0.3, 0.4) is 0 Å². The van der Waals surface area contributed by atoms with Crippen molar-refractivity contribution < 1.29 is 5.11 Å². The molecule has 0 amide bonds. The molecular weight excluding hydrogens is 238 g/mol. The molecule has 0 spiro atoms. The highest BCUT2D eigenvalue weighted by atomic mass is 16.3. The first kappa shape index (κ1) is 13.1. The summed E-state index contributed by atoms with van der Waals surface area (Å²) in [5.74, 6) is 0.286. The predicted octanol–water partition coefficient (Wildman–Crippen LogP) is 2.15. The van der Waals surface area contributed by atoms with Crippen molar-refractivity contribution in [2.75, 3.05) is 11.9 Å². The van der Waals surface area contributed by atoms with E-state index < -0.39 is 0 Å². The van der Waals surface area contributed by atoms with Crippen LogP contribution in [0, 0.1) is 0 Å². The third-order valence-corrected chi connectivity index (χ3v) is 2.70. The average molecular weight is 255 g/mol. The van der Waals surface area contributed by atoms with Crippen LogP contribution >= 0.6 is 0 Å². The average Bonchev–Trinajstić information content (AvgIpc) is 2.47. The summed E-state index contributed by atoms with van der Waals surface area (Å²) < 4.78 is 0.